The van der Waals surface area contributed by atoms with Gasteiger partial charge in [-0.3, -0.25) is 0 Å². The lowest BCUT2D eigenvalue weighted by Crippen LogP contribution is -2.10. The first-order valence-electron chi connectivity index (χ1n) is 13.9. The highest BCUT2D eigenvalue weighted by Crippen LogP contribution is 2.15. The van der Waals surface area contributed by atoms with E-state index in [9.17, 15) is 0 Å². The molecule has 0 saturated carbocycles. The van der Waals surface area contributed by atoms with E-state index in [1.54, 1.807) is 0 Å². The van der Waals surface area contributed by atoms with E-state index in [0.29, 0.717) is 6.54 Å². The number of unbranched alkanes of at least 4 members (excludes halogenated alkanes) is 22. The van der Waals surface area contributed by atoms with Gasteiger partial charge in [-0.15, -0.1) is 0 Å². The predicted octanol–water partition coefficient (Wildman–Crippen LogP) is 9.07. The molecule has 0 radical (unpaired) electrons. The van der Waals surface area contributed by atoms with E-state index in [-0.39, 0.29) is 6.61 Å². The van der Waals surface area contributed by atoms with Gasteiger partial charge < -0.3 is 10.4 Å². The summed E-state index contributed by atoms with van der Waals surface area (Å²) in [7, 11) is 0. The molecule has 0 unspecified atom stereocenters. The Morgan fingerprint density at radius 1 is 0.500 bits per heavy atom. The molecule has 0 fully saturated rings. The Balaban J connectivity index is 3.01. The highest BCUT2D eigenvalue weighted by atomic mass is 16.3. The number of hydrogen-bond acceptors (Lipinski definition) is 2. The quantitative estimate of drug-likeness (QED) is 0.136. The van der Waals surface area contributed by atoms with Crippen molar-refractivity contribution in [2.45, 2.75) is 155 Å². The fraction of sp³-hybridized carbons (Fsp3) is 0.929. The molecule has 0 saturated heterocycles. The van der Waals surface area contributed by atoms with Crippen LogP contribution in [0.25, 0.3) is 0 Å². The number of aliphatic hydroxyl groups is 1. The molecule has 0 aromatic heterocycles. The lowest BCUT2D eigenvalue weighted by molar-refractivity contribution is 0.298. The zero-order valence-corrected chi connectivity index (χ0v) is 20.8. The minimum atomic E-state index is 0.212. The SMILES string of the molecule is CCCCCCCCCCCCCCCCCCCCCCCCC=CNCCO. The van der Waals surface area contributed by atoms with Gasteiger partial charge in [-0.25, -0.2) is 0 Å². The smallest absolute Gasteiger partial charge is 0.0603 e. The largest absolute Gasteiger partial charge is 0.395 e. The molecule has 0 spiro atoms. The maximum absolute atomic E-state index is 8.66. The van der Waals surface area contributed by atoms with Gasteiger partial charge in [0.05, 0.1) is 6.61 Å². The van der Waals surface area contributed by atoms with Gasteiger partial charge in [-0.2, -0.15) is 0 Å². The number of aliphatic hydroxyl groups excluding tert-OH is 1. The monoisotopic (exact) mass is 423 g/mol. The van der Waals surface area contributed by atoms with Gasteiger partial charge in [0.2, 0.25) is 0 Å². The summed E-state index contributed by atoms with van der Waals surface area (Å²) in [6, 6.07) is 0. The van der Waals surface area contributed by atoms with Gasteiger partial charge in [0.15, 0.2) is 0 Å². The number of rotatable bonds is 26. The molecule has 30 heavy (non-hydrogen) atoms. The zero-order valence-electron chi connectivity index (χ0n) is 20.8. The van der Waals surface area contributed by atoms with Crippen LogP contribution in [0.4, 0.5) is 0 Å². The maximum Gasteiger partial charge on any atom is 0.0603 e. The Kier molecular flexibility index (Phi) is 28.0. The van der Waals surface area contributed by atoms with Gasteiger partial charge in [0, 0.05) is 6.54 Å². The third-order valence-corrected chi connectivity index (χ3v) is 6.22. The van der Waals surface area contributed by atoms with E-state index in [0.717, 1.165) is 6.42 Å². The van der Waals surface area contributed by atoms with Crippen LogP contribution in [0.15, 0.2) is 12.3 Å². The Labute approximate surface area is 190 Å². The van der Waals surface area contributed by atoms with Crippen LogP contribution in [0.1, 0.15) is 155 Å². The Hall–Kier alpha value is -0.500. The van der Waals surface area contributed by atoms with Crippen molar-refractivity contribution in [2.75, 3.05) is 13.2 Å². The average Bonchev–Trinajstić information content (AvgIpc) is 2.76. The number of allylic oxidation sites excluding steroid dienone is 1. The fourth-order valence-corrected chi connectivity index (χ4v) is 4.19. The van der Waals surface area contributed by atoms with Crippen molar-refractivity contribution in [2.24, 2.45) is 0 Å². The number of hydrogen-bond donors (Lipinski definition) is 2. The molecule has 0 aliphatic rings. The van der Waals surface area contributed by atoms with Gasteiger partial charge >= 0.3 is 0 Å². The van der Waals surface area contributed by atoms with E-state index >= 15 is 0 Å². The van der Waals surface area contributed by atoms with Crippen molar-refractivity contribution in [3.8, 4) is 0 Å². The molecule has 0 bridgehead atoms. The van der Waals surface area contributed by atoms with E-state index in [2.05, 4.69) is 18.3 Å². The molecule has 2 nitrogen and oxygen atoms in total. The lowest BCUT2D eigenvalue weighted by atomic mass is 10.0. The summed E-state index contributed by atoms with van der Waals surface area (Å²) in [5.41, 5.74) is 0. The third-order valence-electron chi connectivity index (χ3n) is 6.22. The molecular formula is C28H57NO. The molecule has 0 aromatic carbocycles. The van der Waals surface area contributed by atoms with E-state index < -0.39 is 0 Å². The first-order valence-corrected chi connectivity index (χ1v) is 13.9. The summed E-state index contributed by atoms with van der Waals surface area (Å²) >= 11 is 0. The standard InChI is InChI=1S/C28H57NO/c1-2-3-4-5-6-7-8-9-10-11-12-13-14-15-16-17-18-19-20-21-22-23-24-25-26-29-27-28-30/h25-26,29-30H,2-24,27-28H2,1H3. The Morgan fingerprint density at radius 3 is 1.17 bits per heavy atom. The van der Waals surface area contributed by atoms with Gasteiger partial charge in [0.1, 0.15) is 0 Å². The minimum Gasteiger partial charge on any atom is -0.395 e. The summed E-state index contributed by atoms with van der Waals surface area (Å²) in [4.78, 5) is 0. The molecule has 2 N–H and O–H groups in total. The highest BCUT2D eigenvalue weighted by molar-refractivity contribution is 4.78. The van der Waals surface area contributed by atoms with Crippen molar-refractivity contribution in [3.63, 3.8) is 0 Å². The first-order chi connectivity index (χ1) is 14.9. The second kappa shape index (κ2) is 28.5. The van der Waals surface area contributed by atoms with Crippen LogP contribution >= 0.6 is 0 Å². The zero-order chi connectivity index (χ0) is 21.8. The van der Waals surface area contributed by atoms with Crippen LogP contribution in [-0.2, 0) is 0 Å². The van der Waals surface area contributed by atoms with Crippen LogP contribution in [0.2, 0.25) is 0 Å². The summed E-state index contributed by atoms with van der Waals surface area (Å²) in [6.07, 6.45) is 37.1. The molecule has 0 aliphatic heterocycles. The molecule has 0 aliphatic carbocycles. The van der Waals surface area contributed by atoms with Gasteiger partial charge in [-0.1, -0.05) is 148 Å². The molecule has 0 heterocycles. The molecule has 0 amide bonds. The molecule has 0 atom stereocenters. The summed E-state index contributed by atoms with van der Waals surface area (Å²) in [5.74, 6) is 0. The van der Waals surface area contributed by atoms with Crippen molar-refractivity contribution in [1.82, 2.24) is 5.32 Å². The predicted molar refractivity (Wildman–Crippen MR) is 136 cm³/mol. The number of nitrogens with one attached hydrogen (secondary N) is 1. The molecular weight excluding hydrogens is 366 g/mol. The van der Waals surface area contributed by atoms with Crippen molar-refractivity contribution < 1.29 is 5.11 Å². The van der Waals surface area contributed by atoms with Gasteiger partial charge in [-0.05, 0) is 19.0 Å². The van der Waals surface area contributed by atoms with Crippen LogP contribution < -0.4 is 5.32 Å². The first kappa shape index (κ1) is 29.5. The van der Waals surface area contributed by atoms with Gasteiger partial charge in [0.25, 0.3) is 0 Å². The normalized spacial score (nSPS) is 11.5. The second-order valence-corrected chi connectivity index (χ2v) is 9.29. The third kappa shape index (κ3) is 27.5. The average molecular weight is 424 g/mol. The second-order valence-electron chi connectivity index (χ2n) is 9.29. The van der Waals surface area contributed by atoms with Crippen LogP contribution in [0.5, 0.6) is 0 Å². The molecule has 180 valence electrons. The minimum absolute atomic E-state index is 0.212. The van der Waals surface area contributed by atoms with E-state index in [1.807, 2.05) is 6.20 Å². The summed E-state index contributed by atoms with van der Waals surface area (Å²) in [5, 5.41) is 11.7. The lowest BCUT2D eigenvalue weighted by Gasteiger charge is -2.04. The van der Waals surface area contributed by atoms with E-state index in [4.69, 9.17) is 5.11 Å². The fourth-order valence-electron chi connectivity index (χ4n) is 4.19. The summed E-state index contributed by atoms with van der Waals surface area (Å²) < 4.78 is 0. The summed E-state index contributed by atoms with van der Waals surface area (Å²) in [6.45, 7) is 3.17. The Morgan fingerprint density at radius 2 is 0.833 bits per heavy atom. The van der Waals surface area contributed by atoms with Crippen LogP contribution in [0.3, 0.4) is 0 Å². The van der Waals surface area contributed by atoms with Crippen LogP contribution in [0, 0.1) is 0 Å². The highest BCUT2D eigenvalue weighted by Gasteiger charge is 1.95. The molecule has 0 rings (SSSR count). The maximum atomic E-state index is 8.66. The van der Waals surface area contributed by atoms with Crippen molar-refractivity contribution >= 4 is 0 Å². The Bertz CT molecular complexity index is 316. The van der Waals surface area contributed by atoms with Crippen molar-refractivity contribution in [3.05, 3.63) is 12.3 Å². The van der Waals surface area contributed by atoms with Crippen molar-refractivity contribution in [1.29, 1.82) is 0 Å². The molecule has 2 heteroatoms. The molecule has 0 aromatic rings. The topological polar surface area (TPSA) is 32.3 Å². The van der Waals surface area contributed by atoms with E-state index in [1.165, 1.54) is 141 Å². The van der Waals surface area contributed by atoms with Crippen LogP contribution in [-0.4, -0.2) is 18.3 Å².